The van der Waals surface area contributed by atoms with Crippen molar-refractivity contribution in [1.82, 2.24) is 5.32 Å². The molecule has 3 unspecified atom stereocenters. The summed E-state index contributed by atoms with van der Waals surface area (Å²) in [6.07, 6.45) is 11.5. The number of carbonyl (C=O) groups is 1. The van der Waals surface area contributed by atoms with Crippen molar-refractivity contribution in [1.29, 1.82) is 0 Å². The van der Waals surface area contributed by atoms with Crippen LogP contribution in [0.2, 0.25) is 0 Å². The van der Waals surface area contributed by atoms with Gasteiger partial charge in [0.2, 0.25) is 5.91 Å². The summed E-state index contributed by atoms with van der Waals surface area (Å²) in [6, 6.07) is 4.70. The second-order valence-corrected chi connectivity index (χ2v) is 8.34. The summed E-state index contributed by atoms with van der Waals surface area (Å²) in [5.41, 5.74) is 1.64. The smallest absolute Gasteiger partial charge is 0.230 e. The van der Waals surface area contributed by atoms with Gasteiger partial charge in [-0.1, -0.05) is 25.3 Å². The zero-order chi connectivity index (χ0) is 19.7. The van der Waals surface area contributed by atoms with E-state index in [4.69, 9.17) is 0 Å². The van der Waals surface area contributed by atoms with E-state index in [2.05, 4.69) is 12.2 Å². The zero-order valence-electron chi connectivity index (χ0n) is 16.3. The van der Waals surface area contributed by atoms with E-state index in [1.54, 1.807) is 18.2 Å². The number of carbonyl (C=O) groups excluding carboxylic acids is 1. The molecule has 4 rings (SSSR count). The molecule has 1 saturated carbocycles. The minimum Gasteiger partial charge on any atom is -0.309 e. The Morgan fingerprint density at radius 1 is 1.18 bits per heavy atom. The third-order valence-corrected chi connectivity index (χ3v) is 6.30. The third-order valence-electron chi connectivity index (χ3n) is 6.30. The van der Waals surface area contributed by atoms with E-state index in [9.17, 15) is 13.6 Å². The number of hydrogen-bond donors (Lipinski definition) is 1. The second kappa shape index (κ2) is 8.16. The minimum atomic E-state index is -0.296. The summed E-state index contributed by atoms with van der Waals surface area (Å²) in [7, 11) is 0. The van der Waals surface area contributed by atoms with Crippen LogP contribution in [0.25, 0.3) is 0 Å². The maximum atomic E-state index is 14.1. The van der Waals surface area contributed by atoms with E-state index < -0.39 is 0 Å². The number of benzene rings is 1. The SMILES string of the molecule is CC1CC(NC2C=CC(F)=CC2)c2cc(F)ccc2N1C(=O)C1CCCCC1. The molecule has 1 amide bonds. The largest absolute Gasteiger partial charge is 0.309 e. The number of nitrogens with zero attached hydrogens (tertiary/aromatic N) is 1. The lowest BCUT2D eigenvalue weighted by Crippen LogP contribution is -2.49. The van der Waals surface area contributed by atoms with Gasteiger partial charge in [-0.25, -0.2) is 8.78 Å². The number of nitrogens with one attached hydrogen (secondary N) is 1. The van der Waals surface area contributed by atoms with Gasteiger partial charge in [0.15, 0.2) is 0 Å². The molecule has 28 heavy (non-hydrogen) atoms. The zero-order valence-corrected chi connectivity index (χ0v) is 16.3. The molecule has 1 aromatic rings. The number of hydrogen-bond acceptors (Lipinski definition) is 2. The molecule has 1 heterocycles. The van der Waals surface area contributed by atoms with Crippen molar-refractivity contribution < 1.29 is 13.6 Å². The Balaban J connectivity index is 1.60. The molecule has 3 atom stereocenters. The lowest BCUT2D eigenvalue weighted by atomic mass is 9.85. The minimum absolute atomic E-state index is 0.00779. The fourth-order valence-electron chi connectivity index (χ4n) is 4.85. The van der Waals surface area contributed by atoms with Crippen molar-refractivity contribution >= 4 is 11.6 Å². The fourth-order valence-corrected chi connectivity index (χ4v) is 4.85. The highest BCUT2D eigenvalue weighted by Gasteiger charge is 2.37. The number of allylic oxidation sites excluding steroid dienone is 2. The first kappa shape index (κ1) is 19.3. The highest BCUT2D eigenvalue weighted by Crippen LogP contribution is 2.40. The molecule has 0 bridgehead atoms. The molecule has 1 fully saturated rings. The number of rotatable bonds is 3. The monoisotopic (exact) mass is 386 g/mol. The van der Waals surface area contributed by atoms with Crippen LogP contribution in [0, 0.1) is 11.7 Å². The van der Waals surface area contributed by atoms with Gasteiger partial charge in [-0.3, -0.25) is 4.79 Å². The van der Waals surface area contributed by atoms with Crippen LogP contribution in [0.4, 0.5) is 14.5 Å². The third kappa shape index (κ3) is 3.90. The Kier molecular flexibility index (Phi) is 5.63. The molecule has 0 spiro atoms. The summed E-state index contributed by atoms with van der Waals surface area (Å²) in [4.78, 5) is 15.2. The van der Waals surface area contributed by atoms with Crippen LogP contribution in [0.15, 0.2) is 42.3 Å². The first-order chi connectivity index (χ1) is 13.5. The number of anilines is 1. The lowest BCUT2D eigenvalue weighted by Gasteiger charge is -2.42. The van der Waals surface area contributed by atoms with Crippen molar-refractivity contribution in [3.63, 3.8) is 0 Å². The summed E-state index contributed by atoms with van der Waals surface area (Å²) in [5.74, 6) is -0.255. The highest BCUT2D eigenvalue weighted by atomic mass is 19.1. The molecule has 1 N–H and O–H groups in total. The van der Waals surface area contributed by atoms with Crippen molar-refractivity contribution in [2.45, 2.75) is 70.0 Å². The molecule has 0 radical (unpaired) electrons. The highest BCUT2D eigenvalue weighted by molar-refractivity contribution is 5.97. The molecule has 0 aromatic heterocycles. The van der Waals surface area contributed by atoms with Crippen LogP contribution in [0.5, 0.6) is 0 Å². The standard InChI is InChI=1S/C23H28F2N2O/c1-15-13-21(26-19-10-7-17(24)8-11-19)20-14-18(25)9-12-22(20)27(15)23(28)16-5-3-2-4-6-16/h7-10,12,14-16,19,21,26H,2-6,11,13H2,1H3. The molecule has 3 aliphatic rings. The topological polar surface area (TPSA) is 32.3 Å². The number of halogens is 2. The van der Waals surface area contributed by atoms with Gasteiger partial charge in [0.25, 0.3) is 0 Å². The normalized spacial score (nSPS) is 28.0. The Labute approximate surface area is 165 Å². The Morgan fingerprint density at radius 3 is 2.68 bits per heavy atom. The summed E-state index contributed by atoms with van der Waals surface area (Å²) >= 11 is 0. The predicted octanol–water partition coefficient (Wildman–Crippen LogP) is 5.34. The van der Waals surface area contributed by atoms with Gasteiger partial charge in [0, 0.05) is 29.7 Å². The Hall–Kier alpha value is -2.01. The Bertz CT molecular complexity index is 798. The van der Waals surface area contributed by atoms with Gasteiger partial charge in [-0.15, -0.1) is 0 Å². The molecule has 1 aromatic carbocycles. The first-order valence-electron chi connectivity index (χ1n) is 10.5. The predicted molar refractivity (Wildman–Crippen MR) is 107 cm³/mol. The van der Waals surface area contributed by atoms with Gasteiger partial charge < -0.3 is 10.2 Å². The van der Waals surface area contributed by atoms with Gasteiger partial charge in [-0.2, -0.15) is 0 Å². The van der Waals surface area contributed by atoms with E-state index in [1.165, 1.54) is 18.6 Å². The number of fused-ring (bicyclic) bond motifs is 1. The molecule has 2 aliphatic carbocycles. The maximum absolute atomic E-state index is 14.1. The first-order valence-corrected chi connectivity index (χ1v) is 10.5. The van der Waals surface area contributed by atoms with Crippen LogP contribution in [-0.2, 0) is 4.79 Å². The average Bonchev–Trinajstić information content (AvgIpc) is 2.70. The van der Waals surface area contributed by atoms with Gasteiger partial charge in [-0.05, 0) is 68.5 Å². The van der Waals surface area contributed by atoms with Crippen molar-refractivity contribution in [2.24, 2.45) is 5.92 Å². The summed E-state index contributed by atoms with van der Waals surface area (Å²) in [6.45, 7) is 2.07. The summed E-state index contributed by atoms with van der Waals surface area (Å²) < 4.78 is 27.3. The van der Waals surface area contributed by atoms with Crippen molar-refractivity contribution in [3.8, 4) is 0 Å². The fraction of sp³-hybridized carbons (Fsp3) is 0.522. The van der Waals surface area contributed by atoms with Gasteiger partial charge in [0.1, 0.15) is 11.6 Å². The van der Waals surface area contributed by atoms with E-state index in [-0.39, 0.29) is 41.6 Å². The van der Waals surface area contributed by atoms with Gasteiger partial charge >= 0.3 is 0 Å². The Morgan fingerprint density at radius 2 is 1.96 bits per heavy atom. The molecular formula is C23H28F2N2O. The molecule has 0 saturated heterocycles. The number of amides is 1. The van der Waals surface area contributed by atoms with Crippen LogP contribution < -0.4 is 10.2 Å². The van der Waals surface area contributed by atoms with Gasteiger partial charge in [0.05, 0.1) is 0 Å². The molecule has 5 heteroatoms. The average molecular weight is 386 g/mol. The van der Waals surface area contributed by atoms with E-state index in [1.807, 2.05) is 11.0 Å². The van der Waals surface area contributed by atoms with Crippen molar-refractivity contribution in [3.05, 3.63) is 53.6 Å². The van der Waals surface area contributed by atoms with Crippen LogP contribution >= 0.6 is 0 Å². The van der Waals surface area contributed by atoms with E-state index in [0.29, 0.717) is 12.8 Å². The molecule has 1 aliphatic heterocycles. The van der Waals surface area contributed by atoms with Crippen LogP contribution in [-0.4, -0.2) is 18.0 Å². The lowest BCUT2D eigenvalue weighted by molar-refractivity contribution is -0.123. The van der Waals surface area contributed by atoms with Crippen LogP contribution in [0.1, 0.15) is 63.5 Å². The molecule has 150 valence electrons. The quantitative estimate of drug-likeness (QED) is 0.760. The molecule has 3 nitrogen and oxygen atoms in total. The maximum Gasteiger partial charge on any atom is 0.230 e. The van der Waals surface area contributed by atoms with Crippen molar-refractivity contribution in [2.75, 3.05) is 4.90 Å². The second-order valence-electron chi connectivity index (χ2n) is 8.34. The van der Waals surface area contributed by atoms with Crippen LogP contribution in [0.3, 0.4) is 0 Å². The van der Waals surface area contributed by atoms with E-state index >= 15 is 0 Å². The van der Waals surface area contributed by atoms with E-state index in [0.717, 1.165) is 36.9 Å². The molecular weight excluding hydrogens is 358 g/mol. The summed E-state index contributed by atoms with van der Waals surface area (Å²) in [5, 5.41) is 3.53.